The van der Waals surface area contributed by atoms with Gasteiger partial charge in [0.25, 0.3) is 0 Å². The molecule has 0 bridgehead atoms. The van der Waals surface area contributed by atoms with Crippen molar-refractivity contribution in [1.29, 1.82) is 0 Å². The summed E-state index contributed by atoms with van der Waals surface area (Å²) in [5, 5.41) is 14.2. The molecule has 0 atom stereocenters. The van der Waals surface area contributed by atoms with E-state index in [9.17, 15) is 0 Å². The Morgan fingerprint density at radius 2 is 1.79 bits per heavy atom. The number of halogens is 1. The summed E-state index contributed by atoms with van der Waals surface area (Å²) < 4.78 is 8.60. The summed E-state index contributed by atoms with van der Waals surface area (Å²) in [5.74, 6) is 8.05. The second-order valence-electron chi connectivity index (χ2n) is 6.27. The first kappa shape index (κ1) is 19.4. The molecule has 2 aromatic carbocycles. The molecule has 0 saturated heterocycles. The number of nitrogen functional groups attached to an aromatic ring is 1. The Balaban J connectivity index is 1.58. The average molecular weight is 427 g/mol. The molecule has 4 rings (SSSR count). The summed E-state index contributed by atoms with van der Waals surface area (Å²) in [6.07, 6.45) is 0. The molecule has 9 heteroatoms. The minimum atomic E-state index is 0.535. The molecule has 0 unspecified atom stereocenters. The van der Waals surface area contributed by atoms with Gasteiger partial charge in [-0.2, -0.15) is 5.10 Å². The maximum absolute atomic E-state index is 6.61. The molecule has 0 saturated carbocycles. The maximum atomic E-state index is 6.61. The van der Waals surface area contributed by atoms with Gasteiger partial charge in [0, 0.05) is 11.3 Å². The maximum Gasteiger partial charge on any atom is 0.210 e. The monoisotopic (exact) mass is 426 g/mol. The lowest BCUT2D eigenvalue weighted by molar-refractivity contribution is 0.416. The number of aromatic nitrogens is 5. The fourth-order valence-electron chi connectivity index (χ4n) is 2.96. The van der Waals surface area contributed by atoms with Gasteiger partial charge in [0.05, 0.1) is 24.1 Å². The number of thioether (sulfide) groups is 1. The van der Waals surface area contributed by atoms with Gasteiger partial charge in [0.2, 0.25) is 5.16 Å². The van der Waals surface area contributed by atoms with Crippen molar-refractivity contribution in [2.75, 3.05) is 13.0 Å². The predicted octanol–water partition coefficient (Wildman–Crippen LogP) is 4.11. The zero-order valence-electron chi connectivity index (χ0n) is 15.9. The molecule has 0 fully saturated rings. The molecule has 2 heterocycles. The second kappa shape index (κ2) is 8.18. The van der Waals surface area contributed by atoms with Gasteiger partial charge in [-0.15, -0.1) is 10.2 Å². The number of hydrogen-bond donors (Lipinski definition) is 1. The van der Waals surface area contributed by atoms with Crippen LogP contribution in [0, 0.1) is 6.92 Å². The van der Waals surface area contributed by atoms with Crippen molar-refractivity contribution in [1.82, 2.24) is 24.7 Å². The largest absolute Gasteiger partial charge is 0.496 e. The van der Waals surface area contributed by atoms with E-state index in [1.54, 1.807) is 11.8 Å². The Bertz CT molecular complexity index is 1140. The quantitative estimate of drug-likeness (QED) is 0.369. The Kier molecular flexibility index (Phi) is 5.46. The van der Waals surface area contributed by atoms with Crippen LogP contribution in [0.4, 0.5) is 0 Å². The summed E-state index contributed by atoms with van der Waals surface area (Å²) in [6, 6.07) is 17.3. The van der Waals surface area contributed by atoms with Gasteiger partial charge in [-0.25, -0.2) is 9.36 Å². The van der Waals surface area contributed by atoms with Crippen LogP contribution in [0.3, 0.4) is 0 Å². The zero-order valence-corrected chi connectivity index (χ0v) is 17.5. The van der Waals surface area contributed by atoms with Crippen LogP contribution in [0.15, 0.2) is 59.8 Å². The van der Waals surface area contributed by atoms with E-state index in [4.69, 9.17) is 22.2 Å². The Hall–Kier alpha value is -2.97. The van der Waals surface area contributed by atoms with Crippen molar-refractivity contribution in [3.8, 4) is 22.8 Å². The number of para-hydroxylation sites is 2. The molecule has 4 aromatic rings. The lowest BCUT2D eigenvalue weighted by Crippen LogP contribution is -2.12. The molecule has 0 spiro atoms. The summed E-state index contributed by atoms with van der Waals surface area (Å²) >= 11 is 8.06. The molecule has 148 valence electrons. The zero-order chi connectivity index (χ0) is 20.4. The highest BCUT2D eigenvalue weighted by molar-refractivity contribution is 7.98. The minimum Gasteiger partial charge on any atom is -0.496 e. The number of ether oxygens (including phenoxy) is 1. The average Bonchev–Trinajstić information content (AvgIpc) is 3.26. The van der Waals surface area contributed by atoms with E-state index in [1.807, 2.05) is 61.5 Å². The van der Waals surface area contributed by atoms with Gasteiger partial charge >= 0.3 is 0 Å². The van der Waals surface area contributed by atoms with Crippen molar-refractivity contribution in [3.05, 3.63) is 71.0 Å². The van der Waals surface area contributed by atoms with Crippen molar-refractivity contribution in [3.63, 3.8) is 0 Å². The lowest BCUT2D eigenvalue weighted by atomic mass is 10.2. The fraction of sp³-hybridized carbons (Fsp3) is 0.150. The standard InChI is InChI=1S/C20H19ClN6OS/c1-13-16(18(21)27(25-13)14-8-4-3-5-9-14)12-29-20-24-23-19(26(20)22)15-10-6-7-11-17(15)28-2/h3-11H,12,22H2,1-2H3. The third-order valence-corrected chi connectivity index (χ3v) is 5.84. The first-order valence-corrected chi connectivity index (χ1v) is 10.2. The lowest BCUT2D eigenvalue weighted by Gasteiger charge is -2.08. The van der Waals surface area contributed by atoms with Gasteiger partial charge in [-0.1, -0.05) is 53.7 Å². The fourth-order valence-corrected chi connectivity index (χ4v) is 4.32. The van der Waals surface area contributed by atoms with E-state index in [2.05, 4.69) is 15.3 Å². The van der Waals surface area contributed by atoms with Crippen LogP contribution >= 0.6 is 23.4 Å². The van der Waals surface area contributed by atoms with E-state index >= 15 is 0 Å². The van der Waals surface area contributed by atoms with Crippen LogP contribution in [0.1, 0.15) is 11.3 Å². The Labute approximate surface area is 177 Å². The number of nitrogens with zero attached hydrogens (tertiary/aromatic N) is 5. The SMILES string of the molecule is COc1ccccc1-c1nnc(SCc2c(C)nn(-c3ccccc3)c2Cl)n1N. The summed E-state index contributed by atoms with van der Waals surface area (Å²) in [4.78, 5) is 0. The van der Waals surface area contributed by atoms with E-state index < -0.39 is 0 Å². The van der Waals surface area contributed by atoms with E-state index in [0.717, 1.165) is 22.5 Å². The van der Waals surface area contributed by atoms with E-state index in [-0.39, 0.29) is 0 Å². The first-order valence-electron chi connectivity index (χ1n) is 8.86. The molecule has 0 aliphatic rings. The van der Waals surface area contributed by atoms with Gasteiger partial charge < -0.3 is 10.6 Å². The minimum absolute atomic E-state index is 0.535. The third-order valence-electron chi connectivity index (χ3n) is 4.48. The highest BCUT2D eigenvalue weighted by atomic mass is 35.5. The van der Waals surface area contributed by atoms with Gasteiger partial charge in [-0.05, 0) is 31.2 Å². The molecule has 2 N–H and O–H groups in total. The van der Waals surface area contributed by atoms with E-state index in [1.165, 1.54) is 16.4 Å². The predicted molar refractivity (Wildman–Crippen MR) is 115 cm³/mol. The molecule has 0 amide bonds. The summed E-state index contributed by atoms with van der Waals surface area (Å²) in [7, 11) is 1.61. The second-order valence-corrected chi connectivity index (χ2v) is 7.57. The van der Waals surface area contributed by atoms with Crippen LogP contribution in [0.2, 0.25) is 5.15 Å². The van der Waals surface area contributed by atoms with Crippen LogP contribution < -0.4 is 10.6 Å². The molecule has 0 aliphatic carbocycles. The van der Waals surface area contributed by atoms with Gasteiger partial charge in [0.1, 0.15) is 10.9 Å². The van der Waals surface area contributed by atoms with Crippen molar-refractivity contribution in [2.45, 2.75) is 17.8 Å². The number of nitrogens with two attached hydrogens (primary N) is 1. The number of methoxy groups -OCH3 is 1. The van der Waals surface area contributed by atoms with Crippen LogP contribution in [-0.4, -0.2) is 31.8 Å². The highest BCUT2D eigenvalue weighted by Gasteiger charge is 2.19. The summed E-state index contributed by atoms with van der Waals surface area (Å²) in [5.41, 5.74) is 3.49. The first-order chi connectivity index (χ1) is 14.1. The van der Waals surface area contributed by atoms with Crippen LogP contribution in [0.5, 0.6) is 5.75 Å². The van der Waals surface area contributed by atoms with Gasteiger partial charge in [-0.3, -0.25) is 0 Å². The van der Waals surface area contributed by atoms with Crippen molar-refractivity contribution in [2.24, 2.45) is 0 Å². The molecule has 0 aliphatic heterocycles. The smallest absolute Gasteiger partial charge is 0.210 e. The number of aryl methyl sites for hydroxylation is 1. The van der Waals surface area contributed by atoms with Gasteiger partial charge in [0.15, 0.2) is 5.82 Å². The van der Waals surface area contributed by atoms with Crippen LogP contribution in [0.25, 0.3) is 17.1 Å². The molecular weight excluding hydrogens is 408 g/mol. The Morgan fingerprint density at radius 1 is 1.07 bits per heavy atom. The third kappa shape index (κ3) is 3.68. The number of hydrogen-bond acceptors (Lipinski definition) is 6. The molecule has 7 nitrogen and oxygen atoms in total. The van der Waals surface area contributed by atoms with E-state index in [0.29, 0.717) is 27.6 Å². The normalized spacial score (nSPS) is 11.0. The Morgan fingerprint density at radius 3 is 2.55 bits per heavy atom. The summed E-state index contributed by atoms with van der Waals surface area (Å²) in [6.45, 7) is 1.94. The van der Waals surface area contributed by atoms with Crippen LogP contribution in [-0.2, 0) is 5.75 Å². The topological polar surface area (TPSA) is 83.8 Å². The van der Waals surface area contributed by atoms with Crippen molar-refractivity contribution < 1.29 is 4.74 Å². The number of benzene rings is 2. The molecule has 2 aromatic heterocycles. The molecule has 0 radical (unpaired) electrons. The molecule has 29 heavy (non-hydrogen) atoms. The highest BCUT2D eigenvalue weighted by Crippen LogP contribution is 2.32. The molecular formula is C20H19ClN6OS. The number of rotatable bonds is 6. The van der Waals surface area contributed by atoms with Crippen molar-refractivity contribution >= 4 is 23.4 Å².